The first kappa shape index (κ1) is 22.1. The number of hydrogen-bond donors (Lipinski definition) is 3. The van der Waals surface area contributed by atoms with E-state index < -0.39 is 29.8 Å². The zero-order valence-electron chi connectivity index (χ0n) is 16.0. The van der Waals surface area contributed by atoms with Crippen molar-refractivity contribution in [3.8, 4) is 0 Å². The Morgan fingerprint density at radius 3 is 1.90 bits per heavy atom. The topological polar surface area (TPSA) is 134 Å². The molecular formula is C21H25N3O5. The van der Waals surface area contributed by atoms with Gasteiger partial charge in [-0.1, -0.05) is 60.7 Å². The molecule has 0 aliphatic carbocycles. The van der Waals surface area contributed by atoms with E-state index >= 15 is 0 Å². The average Bonchev–Trinajstić information content (AvgIpc) is 2.75. The maximum absolute atomic E-state index is 12.6. The Balaban J connectivity index is 2.04. The number of carbonyl (C=O) groups is 3. The van der Waals surface area contributed by atoms with Gasteiger partial charge in [-0.15, -0.1) is 0 Å². The molecule has 1 unspecified atom stereocenters. The lowest BCUT2D eigenvalue weighted by atomic mass is 9.95. The quantitative estimate of drug-likeness (QED) is 0.394. The van der Waals surface area contributed by atoms with Crippen LogP contribution in [0.3, 0.4) is 0 Å². The molecule has 8 nitrogen and oxygen atoms in total. The third-order valence-electron chi connectivity index (χ3n) is 4.08. The van der Waals surface area contributed by atoms with Gasteiger partial charge in [0, 0.05) is 13.1 Å². The summed E-state index contributed by atoms with van der Waals surface area (Å²) in [6.07, 6.45) is -0.663. The summed E-state index contributed by atoms with van der Waals surface area (Å²) in [4.78, 5) is 37.4. The summed E-state index contributed by atoms with van der Waals surface area (Å²) in [7, 11) is 0. The van der Waals surface area contributed by atoms with Crippen LogP contribution >= 0.6 is 0 Å². The van der Waals surface area contributed by atoms with Gasteiger partial charge in [0.15, 0.2) is 0 Å². The van der Waals surface area contributed by atoms with E-state index in [0.29, 0.717) is 0 Å². The van der Waals surface area contributed by atoms with Gasteiger partial charge in [-0.05, 0) is 11.1 Å². The van der Waals surface area contributed by atoms with E-state index in [1.807, 2.05) is 12.1 Å². The van der Waals surface area contributed by atoms with Crippen LogP contribution in [-0.2, 0) is 37.1 Å². The molecule has 2 aromatic carbocycles. The number of carbonyl (C=O) groups excluding carboxylic acids is 3. The van der Waals surface area contributed by atoms with Gasteiger partial charge in [-0.3, -0.25) is 9.59 Å². The van der Waals surface area contributed by atoms with E-state index in [4.69, 9.17) is 20.9 Å². The van der Waals surface area contributed by atoms with Crippen molar-refractivity contribution in [2.45, 2.75) is 25.2 Å². The molecule has 8 heteroatoms. The number of hydrogen-bond acceptors (Lipinski definition) is 7. The summed E-state index contributed by atoms with van der Waals surface area (Å²) in [6, 6.07) is 17.9. The van der Waals surface area contributed by atoms with E-state index in [2.05, 4.69) is 5.32 Å². The normalized spacial score (nSPS) is 12.5. The van der Waals surface area contributed by atoms with Crippen molar-refractivity contribution < 1.29 is 23.9 Å². The number of rotatable bonds is 10. The SMILES string of the molecule is NCCNC(=O)C(N)(CC(=O)OCc1ccccc1)C(=O)OCc1ccccc1. The van der Waals surface area contributed by atoms with Crippen molar-refractivity contribution in [2.24, 2.45) is 11.5 Å². The summed E-state index contributed by atoms with van der Waals surface area (Å²) in [5.74, 6) is -2.67. The molecule has 0 aliphatic rings. The van der Waals surface area contributed by atoms with Crippen LogP contribution in [-0.4, -0.2) is 36.5 Å². The Labute approximate surface area is 169 Å². The summed E-state index contributed by atoms with van der Waals surface area (Å²) in [5.41, 5.74) is 10.7. The van der Waals surface area contributed by atoms with Gasteiger partial charge in [-0.2, -0.15) is 0 Å². The van der Waals surface area contributed by atoms with Crippen molar-refractivity contribution in [1.29, 1.82) is 0 Å². The highest BCUT2D eigenvalue weighted by Gasteiger charge is 2.46. The molecule has 0 bridgehead atoms. The first-order valence-corrected chi connectivity index (χ1v) is 9.13. The minimum atomic E-state index is -2.22. The van der Waals surface area contributed by atoms with Crippen molar-refractivity contribution >= 4 is 17.8 Å². The lowest BCUT2D eigenvalue weighted by molar-refractivity contribution is -0.162. The van der Waals surface area contributed by atoms with E-state index in [-0.39, 0.29) is 26.3 Å². The largest absolute Gasteiger partial charge is 0.461 e. The smallest absolute Gasteiger partial charge is 0.336 e. The Kier molecular flexibility index (Phi) is 8.32. The van der Waals surface area contributed by atoms with E-state index in [1.165, 1.54) is 0 Å². The van der Waals surface area contributed by atoms with Gasteiger partial charge in [0.2, 0.25) is 5.54 Å². The third kappa shape index (κ3) is 6.70. The molecule has 0 saturated carbocycles. The molecule has 1 atom stereocenters. The van der Waals surface area contributed by atoms with Crippen molar-refractivity contribution in [1.82, 2.24) is 5.32 Å². The molecule has 5 N–H and O–H groups in total. The third-order valence-corrected chi connectivity index (χ3v) is 4.08. The van der Waals surface area contributed by atoms with Gasteiger partial charge in [-0.25, -0.2) is 4.79 Å². The second-order valence-corrected chi connectivity index (χ2v) is 6.40. The van der Waals surface area contributed by atoms with Crippen LogP contribution in [0.15, 0.2) is 60.7 Å². The number of benzene rings is 2. The lowest BCUT2D eigenvalue weighted by Gasteiger charge is -2.25. The standard InChI is InChI=1S/C21H25N3O5/c22-11-12-24-19(26)21(23,20(27)29-15-17-9-5-2-6-10-17)13-18(25)28-14-16-7-3-1-4-8-16/h1-10H,11-15,22-23H2,(H,24,26). The Morgan fingerprint density at radius 1 is 0.862 bits per heavy atom. The summed E-state index contributed by atoms with van der Waals surface area (Å²) < 4.78 is 10.4. The summed E-state index contributed by atoms with van der Waals surface area (Å²) in [6.45, 7) is 0.170. The zero-order chi connectivity index (χ0) is 21.1. The molecule has 29 heavy (non-hydrogen) atoms. The van der Waals surface area contributed by atoms with Gasteiger partial charge in [0.05, 0.1) is 6.42 Å². The molecule has 0 aliphatic heterocycles. The molecule has 0 aromatic heterocycles. The Morgan fingerprint density at radius 2 is 1.38 bits per heavy atom. The first-order chi connectivity index (χ1) is 14.0. The minimum Gasteiger partial charge on any atom is -0.461 e. The van der Waals surface area contributed by atoms with Gasteiger partial charge < -0.3 is 26.3 Å². The Bertz CT molecular complexity index is 814. The van der Waals surface area contributed by atoms with Crippen LogP contribution in [0.4, 0.5) is 0 Å². The first-order valence-electron chi connectivity index (χ1n) is 9.13. The highest BCUT2D eigenvalue weighted by molar-refractivity contribution is 6.09. The maximum atomic E-state index is 12.6. The van der Waals surface area contributed by atoms with Crippen LogP contribution < -0.4 is 16.8 Å². The molecule has 154 valence electrons. The molecule has 0 spiro atoms. The number of nitrogens with one attached hydrogen (secondary N) is 1. The second kappa shape index (κ2) is 10.9. The van der Waals surface area contributed by atoms with Crippen LogP contribution in [0.25, 0.3) is 0 Å². The molecular weight excluding hydrogens is 374 g/mol. The minimum absolute atomic E-state index is 0.000759. The van der Waals surface area contributed by atoms with Crippen molar-refractivity contribution in [3.05, 3.63) is 71.8 Å². The van der Waals surface area contributed by atoms with E-state index in [9.17, 15) is 14.4 Å². The molecule has 0 heterocycles. The predicted molar refractivity (Wildman–Crippen MR) is 106 cm³/mol. The fraction of sp³-hybridized carbons (Fsp3) is 0.286. The number of amides is 1. The summed E-state index contributed by atoms with van der Waals surface area (Å²) in [5, 5.41) is 2.43. The van der Waals surface area contributed by atoms with E-state index in [1.54, 1.807) is 48.5 Å². The maximum Gasteiger partial charge on any atom is 0.336 e. The molecule has 0 saturated heterocycles. The predicted octanol–water partition coefficient (Wildman–Crippen LogP) is 0.636. The van der Waals surface area contributed by atoms with Crippen molar-refractivity contribution in [3.63, 3.8) is 0 Å². The fourth-order valence-corrected chi connectivity index (χ4v) is 2.46. The van der Waals surface area contributed by atoms with Crippen LogP contribution in [0.5, 0.6) is 0 Å². The van der Waals surface area contributed by atoms with Gasteiger partial charge in [0.1, 0.15) is 13.2 Å². The van der Waals surface area contributed by atoms with Crippen LogP contribution in [0, 0.1) is 0 Å². The number of nitrogens with two attached hydrogens (primary N) is 2. The lowest BCUT2D eigenvalue weighted by Crippen LogP contribution is -2.61. The molecule has 2 aromatic rings. The number of ether oxygens (including phenoxy) is 2. The van der Waals surface area contributed by atoms with Crippen LogP contribution in [0.2, 0.25) is 0 Å². The highest BCUT2D eigenvalue weighted by atomic mass is 16.5. The van der Waals surface area contributed by atoms with Gasteiger partial charge >= 0.3 is 11.9 Å². The van der Waals surface area contributed by atoms with E-state index in [0.717, 1.165) is 11.1 Å². The van der Waals surface area contributed by atoms with Crippen molar-refractivity contribution in [2.75, 3.05) is 13.1 Å². The summed E-state index contributed by atoms with van der Waals surface area (Å²) >= 11 is 0. The Hall–Kier alpha value is -3.23. The second-order valence-electron chi connectivity index (χ2n) is 6.40. The molecule has 0 fully saturated rings. The number of esters is 2. The van der Waals surface area contributed by atoms with Gasteiger partial charge in [0.25, 0.3) is 5.91 Å². The monoisotopic (exact) mass is 399 g/mol. The highest BCUT2D eigenvalue weighted by Crippen LogP contribution is 2.14. The zero-order valence-corrected chi connectivity index (χ0v) is 16.0. The fourth-order valence-electron chi connectivity index (χ4n) is 2.46. The van der Waals surface area contributed by atoms with Crippen LogP contribution in [0.1, 0.15) is 17.5 Å². The molecule has 1 amide bonds. The average molecular weight is 399 g/mol. The molecule has 0 radical (unpaired) electrons. The molecule has 2 rings (SSSR count).